The maximum Gasteiger partial charge on any atom is 0.163 e. The van der Waals surface area contributed by atoms with Gasteiger partial charge in [-0.1, -0.05) is 27.5 Å². The highest BCUT2D eigenvalue weighted by Crippen LogP contribution is 2.16. The Kier molecular flexibility index (Phi) is 3.94. The molecule has 0 radical (unpaired) electrons. The SMILES string of the molecule is Cc1cc(Cl)cc(C(=O)CCBr)c1. The van der Waals surface area contributed by atoms with E-state index < -0.39 is 0 Å². The van der Waals surface area contributed by atoms with Crippen LogP contribution in [0.5, 0.6) is 0 Å². The van der Waals surface area contributed by atoms with E-state index in [2.05, 4.69) is 15.9 Å². The molecule has 0 atom stereocenters. The summed E-state index contributed by atoms with van der Waals surface area (Å²) in [6, 6.07) is 5.41. The van der Waals surface area contributed by atoms with Crippen molar-refractivity contribution in [2.24, 2.45) is 0 Å². The average Bonchev–Trinajstić information content (AvgIpc) is 2.03. The van der Waals surface area contributed by atoms with Gasteiger partial charge in [0.1, 0.15) is 0 Å². The van der Waals surface area contributed by atoms with Crippen LogP contribution in [-0.2, 0) is 0 Å². The quantitative estimate of drug-likeness (QED) is 0.600. The Hall–Kier alpha value is -0.340. The van der Waals surface area contributed by atoms with Gasteiger partial charge in [-0.3, -0.25) is 4.79 Å². The van der Waals surface area contributed by atoms with Gasteiger partial charge >= 0.3 is 0 Å². The van der Waals surface area contributed by atoms with E-state index in [4.69, 9.17) is 11.6 Å². The highest BCUT2D eigenvalue weighted by Gasteiger charge is 2.05. The Morgan fingerprint density at radius 1 is 1.46 bits per heavy atom. The van der Waals surface area contributed by atoms with Gasteiger partial charge in [-0.25, -0.2) is 0 Å². The van der Waals surface area contributed by atoms with E-state index >= 15 is 0 Å². The predicted molar refractivity (Wildman–Crippen MR) is 58.9 cm³/mol. The lowest BCUT2D eigenvalue weighted by Gasteiger charge is -2.01. The summed E-state index contributed by atoms with van der Waals surface area (Å²) in [6.07, 6.45) is 0.514. The van der Waals surface area contributed by atoms with Gasteiger partial charge in [0.05, 0.1) is 0 Å². The summed E-state index contributed by atoms with van der Waals surface area (Å²) in [7, 11) is 0. The molecule has 0 amide bonds. The molecule has 0 fully saturated rings. The van der Waals surface area contributed by atoms with E-state index in [-0.39, 0.29) is 5.78 Å². The number of carbonyl (C=O) groups is 1. The first-order valence-electron chi connectivity index (χ1n) is 4.00. The number of Topliss-reactive ketones (excluding diaryl/α,β-unsaturated/α-hetero) is 1. The van der Waals surface area contributed by atoms with Crippen LogP contribution in [0.1, 0.15) is 22.3 Å². The summed E-state index contributed by atoms with van der Waals surface area (Å²) in [4.78, 5) is 11.5. The minimum absolute atomic E-state index is 0.127. The van der Waals surface area contributed by atoms with E-state index in [1.54, 1.807) is 6.07 Å². The van der Waals surface area contributed by atoms with Gasteiger partial charge in [-0.15, -0.1) is 0 Å². The van der Waals surface area contributed by atoms with Crippen LogP contribution in [0.15, 0.2) is 18.2 Å². The van der Waals surface area contributed by atoms with Crippen molar-refractivity contribution < 1.29 is 4.79 Å². The van der Waals surface area contributed by atoms with Crippen molar-refractivity contribution in [3.05, 3.63) is 34.3 Å². The maximum atomic E-state index is 11.5. The first-order valence-corrected chi connectivity index (χ1v) is 5.50. The molecule has 0 saturated carbocycles. The van der Waals surface area contributed by atoms with E-state index in [9.17, 15) is 4.79 Å². The zero-order valence-electron chi connectivity index (χ0n) is 7.31. The molecular weight excluding hydrogens is 251 g/mol. The van der Waals surface area contributed by atoms with Gasteiger partial charge < -0.3 is 0 Å². The predicted octanol–water partition coefficient (Wildman–Crippen LogP) is 3.62. The molecule has 13 heavy (non-hydrogen) atoms. The highest BCUT2D eigenvalue weighted by molar-refractivity contribution is 9.09. The zero-order valence-corrected chi connectivity index (χ0v) is 9.65. The van der Waals surface area contributed by atoms with Crippen molar-refractivity contribution in [2.45, 2.75) is 13.3 Å². The lowest BCUT2D eigenvalue weighted by Crippen LogP contribution is -1.99. The summed E-state index contributed by atoms with van der Waals surface area (Å²) < 4.78 is 0. The molecule has 0 aromatic heterocycles. The molecule has 0 spiro atoms. The molecule has 70 valence electrons. The average molecular weight is 262 g/mol. The van der Waals surface area contributed by atoms with Gasteiger partial charge in [0.2, 0.25) is 0 Å². The number of rotatable bonds is 3. The minimum Gasteiger partial charge on any atom is -0.294 e. The Morgan fingerprint density at radius 3 is 2.69 bits per heavy atom. The van der Waals surface area contributed by atoms with Crippen LogP contribution in [0.4, 0.5) is 0 Å². The Balaban J connectivity index is 2.94. The fourth-order valence-corrected chi connectivity index (χ4v) is 1.78. The molecule has 3 heteroatoms. The van der Waals surface area contributed by atoms with E-state index in [0.29, 0.717) is 22.3 Å². The van der Waals surface area contributed by atoms with Crippen molar-refractivity contribution in [2.75, 3.05) is 5.33 Å². The number of hydrogen-bond acceptors (Lipinski definition) is 1. The molecule has 0 aliphatic heterocycles. The molecule has 0 bridgehead atoms. The van der Waals surface area contributed by atoms with Crippen LogP contribution >= 0.6 is 27.5 Å². The van der Waals surface area contributed by atoms with Crippen molar-refractivity contribution in [1.29, 1.82) is 0 Å². The second-order valence-electron chi connectivity index (χ2n) is 2.88. The number of carbonyl (C=O) groups excluding carboxylic acids is 1. The largest absolute Gasteiger partial charge is 0.294 e. The van der Waals surface area contributed by atoms with Crippen LogP contribution in [0.25, 0.3) is 0 Å². The Bertz CT molecular complexity index is 302. The van der Waals surface area contributed by atoms with Crippen LogP contribution < -0.4 is 0 Å². The first-order chi connectivity index (χ1) is 6.13. The molecule has 1 nitrogen and oxygen atoms in total. The summed E-state index contributed by atoms with van der Waals surface area (Å²) in [5.41, 5.74) is 1.72. The minimum atomic E-state index is 0.127. The number of benzene rings is 1. The van der Waals surface area contributed by atoms with Crippen molar-refractivity contribution in [3.63, 3.8) is 0 Å². The van der Waals surface area contributed by atoms with Gasteiger partial charge in [0.15, 0.2) is 5.78 Å². The smallest absolute Gasteiger partial charge is 0.163 e. The van der Waals surface area contributed by atoms with E-state index in [1.165, 1.54) is 0 Å². The number of hydrogen-bond donors (Lipinski definition) is 0. The molecule has 0 N–H and O–H groups in total. The third kappa shape index (κ3) is 3.12. The van der Waals surface area contributed by atoms with E-state index in [1.807, 2.05) is 19.1 Å². The van der Waals surface area contributed by atoms with Gasteiger partial charge in [-0.2, -0.15) is 0 Å². The van der Waals surface area contributed by atoms with Crippen molar-refractivity contribution in [3.8, 4) is 0 Å². The fourth-order valence-electron chi connectivity index (χ4n) is 1.13. The number of halogens is 2. The van der Waals surface area contributed by atoms with Crippen molar-refractivity contribution >= 4 is 33.3 Å². The zero-order chi connectivity index (χ0) is 9.84. The molecule has 0 aliphatic rings. The Morgan fingerprint density at radius 2 is 2.15 bits per heavy atom. The molecule has 0 saturated heterocycles. The summed E-state index contributed by atoms with van der Waals surface area (Å²) >= 11 is 9.06. The molecule has 1 aromatic carbocycles. The molecule has 1 rings (SSSR count). The summed E-state index contributed by atoms with van der Waals surface area (Å²) in [5, 5.41) is 1.31. The number of aryl methyl sites for hydroxylation is 1. The third-order valence-electron chi connectivity index (χ3n) is 1.69. The van der Waals surface area contributed by atoms with Crippen LogP contribution in [0, 0.1) is 6.92 Å². The molecule has 1 aromatic rings. The third-order valence-corrected chi connectivity index (χ3v) is 2.30. The van der Waals surface area contributed by atoms with Crippen LogP contribution in [-0.4, -0.2) is 11.1 Å². The lowest BCUT2D eigenvalue weighted by atomic mass is 10.1. The highest BCUT2D eigenvalue weighted by atomic mass is 79.9. The first kappa shape index (κ1) is 10.7. The number of alkyl halides is 1. The second-order valence-corrected chi connectivity index (χ2v) is 4.11. The monoisotopic (exact) mass is 260 g/mol. The molecule has 0 unspecified atom stereocenters. The van der Waals surface area contributed by atoms with Crippen LogP contribution in [0.3, 0.4) is 0 Å². The van der Waals surface area contributed by atoms with E-state index in [0.717, 1.165) is 5.56 Å². The summed E-state index contributed by atoms with van der Waals surface area (Å²) in [5.74, 6) is 0.127. The van der Waals surface area contributed by atoms with Crippen molar-refractivity contribution in [1.82, 2.24) is 0 Å². The van der Waals surface area contributed by atoms with Crippen LogP contribution in [0.2, 0.25) is 5.02 Å². The molecule has 0 heterocycles. The fraction of sp³-hybridized carbons (Fsp3) is 0.300. The lowest BCUT2D eigenvalue weighted by molar-refractivity contribution is 0.0990. The van der Waals surface area contributed by atoms with Gasteiger partial charge in [0, 0.05) is 22.3 Å². The van der Waals surface area contributed by atoms with Gasteiger partial charge in [-0.05, 0) is 30.7 Å². The number of ketones is 1. The Labute approximate surface area is 91.2 Å². The second kappa shape index (κ2) is 4.77. The normalized spacial score (nSPS) is 10.1. The van der Waals surface area contributed by atoms with Gasteiger partial charge in [0.25, 0.3) is 0 Å². The topological polar surface area (TPSA) is 17.1 Å². The maximum absolute atomic E-state index is 11.5. The molecule has 0 aliphatic carbocycles. The standard InChI is InChI=1S/C10H10BrClO/c1-7-4-8(6-9(12)5-7)10(13)2-3-11/h4-6H,2-3H2,1H3. The molecular formula is C10H10BrClO. The summed E-state index contributed by atoms with van der Waals surface area (Å²) in [6.45, 7) is 1.93.